The molecular formula is C19H27F2N3O4. The lowest BCUT2D eigenvalue weighted by Crippen LogP contribution is -2.53. The molecule has 2 N–H and O–H groups in total. The molecule has 1 aromatic rings. The highest BCUT2D eigenvalue weighted by molar-refractivity contribution is 5.73. The highest BCUT2D eigenvalue weighted by Crippen LogP contribution is 2.22. The summed E-state index contributed by atoms with van der Waals surface area (Å²) in [7, 11) is 0. The first-order valence-corrected chi connectivity index (χ1v) is 9.57. The standard InChI is InChI=1S/C19H27F2N3O4/c20-18(21)28-16-3-1-14(2-4-16)11-22-19(25)23-12-17(15-5-8-27-13-15)24-6-9-26-10-7-24/h1-4,15,17-18H,5-13H2,(H2,22,23,25)/t15-,17-/m1/s1. The number of amides is 2. The number of hydrogen-bond donors (Lipinski definition) is 2. The lowest BCUT2D eigenvalue weighted by molar-refractivity contribution is -0.0498. The zero-order valence-corrected chi connectivity index (χ0v) is 15.7. The third kappa shape index (κ3) is 6.29. The summed E-state index contributed by atoms with van der Waals surface area (Å²) in [5.74, 6) is 0.496. The number of ether oxygens (including phenoxy) is 3. The van der Waals surface area contributed by atoms with E-state index < -0.39 is 6.61 Å². The number of nitrogens with one attached hydrogen (secondary N) is 2. The maximum absolute atomic E-state index is 12.2. The number of rotatable bonds is 8. The number of urea groups is 1. The van der Waals surface area contributed by atoms with Crippen molar-refractivity contribution in [2.45, 2.75) is 25.6 Å². The van der Waals surface area contributed by atoms with E-state index in [9.17, 15) is 13.6 Å². The van der Waals surface area contributed by atoms with Crippen molar-refractivity contribution in [1.29, 1.82) is 0 Å². The smallest absolute Gasteiger partial charge is 0.387 e. The van der Waals surface area contributed by atoms with E-state index in [1.54, 1.807) is 12.1 Å². The first-order valence-electron chi connectivity index (χ1n) is 9.57. The van der Waals surface area contributed by atoms with Crippen molar-refractivity contribution >= 4 is 6.03 Å². The van der Waals surface area contributed by atoms with Crippen LogP contribution in [0.3, 0.4) is 0 Å². The summed E-state index contributed by atoms with van der Waals surface area (Å²) in [5.41, 5.74) is 0.797. The van der Waals surface area contributed by atoms with Crippen molar-refractivity contribution in [3.63, 3.8) is 0 Å². The van der Waals surface area contributed by atoms with Crippen LogP contribution in [-0.4, -0.2) is 69.6 Å². The minimum absolute atomic E-state index is 0.0929. The van der Waals surface area contributed by atoms with E-state index in [2.05, 4.69) is 20.3 Å². The summed E-state index contributed by atoms with van der Waals surface area (Å²) in [6.07, 6.45) is 0.998. The van der Waals surface area contributed by atoms with Gasteiger partial charge in [0.05, 0.1) is 19.8 Å². The molecule has 0 unspecified atom stereocenters. The quantitative estimate of drug-likeness (QED) is 0.698. The van der Waals surface area contributed by atoms with Gasteiger partial charge in [0.2, 0.25) is 0 Å². The minimum atomic E-state index is -2.85. The summed E-state index contributed by atoms with van der Waals surface area (Å²) in [6, 6.07) is 6.16. The number of carbonyl (C=O) groups excluding carboxylic acids is 1. The van der Waals surface area contributed by atoms with E-state index >= 15 is 0 Å². The van der Waals surface area contributed by atoms with Crippen LogP contribution in [0.4, 0.5) is 13.6 Å². The second-order valence-corrected chi connectivity index (χ2v) is 6.93. The number of halogens is 2. The highest BCUT2D eigenvalue weighted by atomic mass is 19.3. The molecule has 2 heterocycles. The largest absolute Gasteiger partial charge is 0.435 e. The molecule has 2 aliphatic rings. The van der Waals surface area contributed by atoms with Gasteiger partial charge in [0, 0.05) is 44.7 Å². The molecule has 0 aromatic heterocycles. The SMILES string of the molecule is O=C(NCc1ccc(OC(F)F)cc1)NC[C@H]([C@@H]1CCOC1)N1CCOCC1. The van der Waals surface area contributed by atoms with E-state index in [4.69, 9.17) is 9.47 Å². The maximum Gasteiger partial charge on any atom is 0.387 e. The third-order valence-electron chi connectivity index (χ3n) is 5.10. The van der Waals surface area contributed by atoms with E-state index in [0.717, 1.165) is 38.3 Å². The van der Waals surface area contributed by atoms with Crippen molar-refractivity contribution in [2.75, 3.05) is 46.1 Å². The fourth-order valence-electron chi connectivity index (χ4n) is 3.59. The predicted molar refractivity (Wildman–Crippen MR) is 98.4 cm³/mol. The fraction of sp³-hybridized carbons (Fsp3) is 0.632. The van der Waals surface area contributed by atoms with Gasteiger partial charge in [-0.2, -0.15) is 8.78 Å². The molecule has 28 heavy (non-hydrogen) atoms. The molecule has 156 valence electrons. The molecule has 2 fully saturated rings. The Morgan fingerprint density at radius 3 is 2.54 bits per heavy atom. The van der Waals surface area contributed by atoms with Crippen LogP contribution in [0, 0.1) is 5.92 Å². The van der Waals surface area contributed by atoms with Gasteiger partial charge in [-0.3, -0.25) is 4.90 Å². The van der Waals surface area contributed by atoms with Crippen LogP contribution in [-0.2, 0) is 16.0 Å². The first-order chi connectivity index (χ1) is 13.6. The van der Waals surface area contributed by atoms with Crippen molar-refractivity contribution in [3.05, 3.63) is 29.8 Å². The van der Waals surface area contributed by atoms with Crippen LogP contribution in [0.1, 0.15) is 12.0 Å². The molecule has 2 atom stereocenters. The molecule has 0 saturated carbocycles. The lowest BCUT2D eigenvalue weighted by Gasteiger charge is -2.37. The van der Waals surface area contributed by atoms with Crippen LogP contribution in [0.25, 0.3) is 0 Å². The van der Waals surface area contributed by atoms with Crippen LogP contribution < -0.4 is 15.4 Å². The second kappa shape index (κ2) is 10.5. The minimum Gasteiger partial charge on any atom is -0.435 e. The third-order valence-corrected chi connectivity index (χ3v) is 5.10. The number of benzene rings is 1. The summed E-state index contributed by atoms with van der Waals surface area (Å²) < 4.78 is 39.6. The lowest BCUT2D eigenvalue weighted by atomic mass is 9.97. The van der Waals surface area contributed by atoms with Gasteiger partial charge in [0.25, 0.3) is 0 Å². The van der Waals surface area contributed by atoms with Gasteiger partial charge < -0.3 is 24.8 Å². The Labute approximate surface area is 163 Å². The average molecular weight is 399 g/mol. The summed E-state index contributed by atoms with van der Waals surface area (Å²) in [5, 5.41) is 5.75. The molecule has 0 spiro atoms. The van der Waals surface area contributed by atoms with Gasteiger partial charge in [-0.1, -0.05) is 12.1 Å². The van der Waals surface area contributed by atoms with Crippen molar-refractivity contribution in [3.8, 4) is 5.75 Å². The number of carbonyl (C=O) groups is 1. The predicted octanol–water partition coefficient (Wildman–Crippen LogP) is 1.82. The van der Waals surface area contributed by atoms with Crippen molar-refractivity contribution in [2.24, 2.45) is 5.92 Å². The highest BCUT2D eigenvalue weighted by Gasteiger charge is 2.31. The van der Waals surface area contributed by atoms with E-state index in [-0.39, 0.29) is 17.8 Å². The molecule has 9 heteroatoms. The summed E-state index contributed by atoms with van der Waals surface area (Å²) in [6.45, 7) is 2.62. The Morgan fingerprint density at radius 2 is 1.89 bits per heavy atom. The number of alkyl halides is 2. The zero-order valence-electron chi connectivity index (χ0n) is 15.7. The number of hydrogen-bond acceptors (Lipinski definition) is 5. The van der Waals surface area contributed by atoms with Gasteiger partial charge in [-0.05, 0) is 24.1 Å². The number of morpholine rings is 1. The van der Waals surface area contributed by atoms with Gasteiger partial charge in [-0.25, -0.2) is 4.79 Å². The molecule has 0 aliphatic carbocycles. The number of nitrogens with zero attached hydrogens (tertiary/aromatic N) is 1. The second-order valence-electron chi connectivity index (χ2n) is 6.93. The van der Waals surface area contributed by atoms with Crippen LogP contribution in [0.15, 0.2) is 24.3 Å². The molecule has 2 aliphatic heterocycles. The normalized spacial score (nSPS) is 21.5. The van der Waals surface area contributed by atoms with Crippen molar-refractivity contribution in [1.82, 2.24) is 15.5 Å². The van der Waals surface area contributed by atoms with Crippen molar-refractivity contribution < 1.29 is 27.8 Å². The maximum atomic E-state index is 12.2. The fourth-order valence-corrected chi connectivity index (χ4v) is 3.59. The van der Waals surface area contributed by atoms with Gasteiger partial charge in [0.15, 0.2) is 0 Å². The molecular weight excluding hydrogens is 372 g/mol. The van der Waals surface area contributed by atoms with Gasteiger partial charge in [-0.15, -0.1) is 0 Å². The Kier molecular flexibility index (Phi) is 7.81. The van der Waals surface area contributed by atoms with E-state index in [1.165, 1.54) is 12.1 Å². The first kappa shape index (κ1) is 20.8. The molecule has 7 nitrogen and oxygen atoms in total. The topological polar surface area (TPSA) is 72.1 Å². The Hall–Kier alpha value is -1.97. The molecule has 0 bridgehead atoms. The van der Waals surface area contributed by atoms with Crippen LogP contribution in [0.5, 0.6) is 5.75 Å². The van der Waals surface area contributed by atoms with E-state index in [1.807, 2.05) is 0 Å². The van der Waals surface area contributed by atoms with Crippen LogP contribution in [0.2, 0.25) is 0 Å². The molecule has 3 rings (SSSR count). The average Bonchev–Trinajstić information content (AvgIpc) is 3.22. The molecule has 2 saturated heterocycles. The summed E-state index contributed by atoms with van der Waals surface area (Å²) >= 11 is 0. The monoisotopic (exact) mass is 399 g/mol. The summed E-state index contributed by atoms with van der Waals surface area (Å²) in [4.78, 5) is 14.6. The molecule has 1 aromatic carbocycles. The Bertz CT molecular complexity index is 606. The Morgan fingerprint density at radius 1 is 1.14 bits per heavy atom. The van der Waals surface area contributed by atoms with Gasteiger partial charge >= 0.3 is 12.6 Å². The Balaban J connectivity index is 1.44. The molecule has 2 amide bonds. The van der Waals surface area contributed by atoms with E-state index in [0.29, 0.717) is 32.2 Å². The van der Waals surface area contributed by atoms with Crippen LogP contribution >= 0.6 is 0 Å². The van der Waals surface area contributed by atoms with Gasteiger partial charge in [0.1, 0.15) is 5.75 Å². The molecule has 0 radical (unpaired) electrons. The zero-order chi connectivity index (χ0) is 19.8.